The van der Waals surface area contributed by atoms with Gasteiger partial charge in [-0.05, 0) is 13.0 Å². The zero-order chi connectivity index (χ0) is 13.1. The molecule has 0 fully saturated rings. The van der Waals surface area contributed by atoms with Gasteiger partial charge in [-0.15, -0.1) is 0 Å². The van der Waals surface area contributed by atoms with Crippen molar-refractivity contribution in [2.24, 2.45) is 0 Å². The van der Waals surface area contributed by atoms with Crippen molar-refractivity contribution >= 4 is 27.6 Å². The number of sulfonamides is 1. The summed E-state index contributed by atoms with van der Waals surface area (Å²) in [6.45, 7) is 1.37. The monoisotopic (exact) mass is 278 g/mol. The van der Waals surface area contributed by atoms with Gasteiger partial charge in [-0.1, -0.05) is 11.6 Å². The summed E-state index contributed by atoms with van der Waals surface area (Å²) in [5, 5.41) is 0.0320. The molecule has 94 valence electrons. The van der Waals surface area contributed by atoms with Crippen molar-refractivity contribution < 1.29 is 17.9 Å². The lowest BCUT2D eigenvalue weighted by molar-refractivity contribution is -0.142. The number of rotatable bonds is 4. The predicted molar refractivity (Wildman–Crippen MR) is 61.0 cm³/mol. The molecular formula is C9H11ClN2O4S. The topological polar surface area (TPSA) is 85.4 Å². The van der Waals surface area contributed by atoms with Crippen LogP contribution in [-0.2, 0) is 19.6 Å². The van der Waals surface area contributed by atoms with Crippen molar-refractivity contribution in [1.29, 1.82) is 0 Å². The first-order chi connectivity index (χ1) is 7.88. The third kappa shape index (κ3) is 3.39. The minimum Gasteiger partial charge on any atom is -0.468 e. The molecule has 0 spiro atoms. The van der Waals surface area contributed by atoms with Crippen LogP contribution in [0, 0.1) is 0 Å². The van der Waals surface area contributed by atoms with E-state index in [-0.39, 0.29) is 9.92 Å². The highest BCUT2D eigenvalue weighted by Crippen LogP contribution is 2.19. The highest BCUT2D eigenvalue weighted by atomic mass is 35.5. The number of carbonyl (C=O) groups is 1. The van der Waals surface area contributed by atoms with Crippen molar-refractivity contribution in [2.75, 3.05) is 7.11 Å². The van der Waals surface area contributed by atoms with E-state index in [0.717, 1.165) is 6.20 Å². The molecule has 0 amide bonds. The summed E-state index contributed by atoms with van der Waals surface area (Å²) in [4.78, 5) is 14.6. The summed E-state index contributed by atoms with van der Waals surface area (Å²) in [6.07, 6.45) is 2.47. The molecule has 0 aliphatic rings. The van der Waals surface area contributed by atoms with Gasteiger partial charge in [-0.25, -0.2) is 8.42 Å². The Bertz CT molecular complexity index is 517. The number of pyridine rings is 1. The van der Waals surface area contributed by atoms with E-state index in [0.29, 0.717) is 0 Å². The Morgan fingerprint density at radius 3 is 2.76 bits per heavy atom. The summed E-state index contributed by atoms with van der Waals surface area (Å²) < 4.78 is 30.2. The first kappa shape index (κ1) is 13.9. The van der Waals surface area contributed by atoms with Gasteiger partial charge in [-0.3, -0.25) is 9.78 Å². The SMILES string of the molecule is COC(=O)[C@H](C)NS(=O)(=O)c1cnccc1Cl. The average molecular weight is 279 g/mol. The van der Waals surface area contributed by atoms with E-state index in [2.05, 4.69) is 14.4 Å². The van der Waals surface area contributed by atoms with Crippen LogP contribution in [0.4, 0.5) is 0 Å². The fourth-order valence-electron chi connectivity index (χ4n) is 1.08. The maximum absolute atomic E-state index is 11.8. The fourth-order valence-corrected chi connectivity index (χ4v) is 2.70. The number of hydrogen-bond donors (Lipinski definition) is 1. The number of carbonyl (C=O) groups excluding carboxylic acids is 1. The van der Waals surface area contributed by atoms with Gasteiger partial charge in [0.15, 0.2) is 0 Å². The highest BCUT2D eigenvalue weighted by Gasteiger charge is 2.24. The minimum absolute atomic E-state index is 0.0320. The second-order valence-corrected chi connectivity index (χ2v) is 5.26. The maximum atomic E-state index is 11.8. The second-order valence-electron chi connectivity index (χ2n) is 3.17. The molecule has 0 unspecified atom stereocenters. The van der Waals surface area contributed by atoms with E-state index in [1.165, 1.54) is 26.3 Å². The van der Waals surface area contributed by atoms with E-state index in [4.69, 9.17) is 11.6 Å². The number of hydrogen-bond acceptors (Lipinski definition) is 5. The summed E-state index contributed by atoms with van der Waals surface area (Å²) in [5.74, 6) is -0.686. The number of methoxy groups -OCH3 is 1. The molecule has 0 bridgehead atoms. The summed E-state index contributed by atoms with van der Waals surface area (Å²) >= 11 is 5.73. The van der Waals surface area contributed by atoms with Crippen molar-refractivity contribution in [3.8, 4) is 0 Å². The number of aromatic nitrogens is 1. The van der Waals surface area contributed by atoms with Crippen LogP contribution in [0.2, 0.25) is 5.02 Å². The molecule has 0 aromatic carbocycles. The van der Waals surface area contributed by atoms with Gasteiger partial charge in [0.25, 0.3) is 0 Å². The smallest absolute Gasteiger partial charge is 0.323 e. The molecule has 1 atom stereocenters. The summed E-state index contributed by atoms with van der Waals surface area (Å²) in [7, 11) is -2.72. The predicted octanol–water partition coefficient (Wildman–Crippen LogP) is 0.575. The van der Waals surface area contributed by atoms with Gasteiger partial charge in [0.1, 0.15) is 10.9 Å². The molecule has 0 saturated carbocycles. The van der Waals surface area contributed by atoms with Crippen molar-refractivity contribution in [2.45, 2.75) is 17.9 Å². The normalized spacial score (nSPS) is 13.1. The number of halogens is 1. The standard InChI is InChI=1S/C9H11ClN2O4S/c1-6(9(13)16-2)12-17(14,15)8-5-11-4-3-7(8)10/h3-6,12H,1-2H3/t6-/m0/s1. The Morgan fingerprint density at radius 2 is 2.24 bits per heavy atom. The van der Waals surface area contributed by atoms with E-state index in [9.17, 15) is 13.2 Å². The third-order valence-electron chi connectivity index (χ3n) is 1.91. The second kappa shape index (κ2) is 5.44. The minimum atomic E-state index is -3.89. The van der Waals surface area contributed by atoms with Crippen LogP contribution >= 0.6 is 11.6 Å². The van der Waals surface area contributed by atoms with Crippen LogP contribution in [0.1, 0.15) is 6.92 Å². The Labute approximate surface area is 104 Å². The lowest BCUT2D eigenvalue weighted by atomic mass is 10.4. The Kier molecular flexibility index (Phi) is 4.44. The van der Waals surface area contributed by atoms with Crippen LogP contribution in [0.25, 0.3) is 0 Å². The molecule has 1 aromatic heterocycles. The number of nitrogens with zero attached hydrogens (tertiary/aromatic N) is 1. The van der Waals surface area contributed by atoms with Gasteiger partial charge >= 0.3 is 5.97 Å². The molecule has 0 saturated heterocycles. The molecule has 1 N–H and O–H groups in total. The zero-order valence-electron chi connectivity index (χ0n) is 9.18. The van der Waals surface area contributed by atoms with Crippen LogP contribution < -0.4 is 4.72 Å². The molecular weight excluding hydrogens is 268 g/mol. The van der Waals surface area contributed by atoms with Crippen molar-refractivity contribution in [3.63, 3.8) is 0 Å². The van der Waals surface area contributed by atoms with Gasteiger partial charge in [0.05, 0.1) is 12.1 Å². The molecule has 1 heterocycles. The van der Waals surface area contributed by atoms with E-state index >= 15 is 0 Å². The van der Waals surface area contributed by atoms with E-state index < -0.39 is 22.0 Å². The molecule has 17 heavy (non-hydrogen) atoms. The average Bonchev–Trinajstić information content (AvgIpc) is 2.27. The van der Waals surface area contributed by atoms with Gasteiger partial charge < -0.3 is 4.74 Å². The Balaban J connectivity index is 2.98. The van der Waals surface area contributed by atoms with E-state index in [1.54, 1.807) is 0 Å². The van der Waals surface area contributed by atoms with E-state index in [1.807, 2.05) is 0 Å². The Hall–Kier alpha value is -1.18. The molecule has 1 aromatic rings. The first-order valence-corrected chi connectivity index (χ1v) is 6.44. The first-order valence-electron chi connectivity index (χ1n) is 4.58. The van der Waals surface area contributed by atoms with Crippen LogP contribution in [-0.4, -0.2) is 32.5 Å². The molecule has 8 heteroatoms. The number of esters is 1. The lowest BCUT2D eigenvalue weighted by Gasteiger charge is -2.12. The van der Waals surface area contributed by atoms with Crippen molar-refractivity contribution in [1.82, 2.24) is 9.71 Å². The maximum Gasteiger partial charge on any atom is 0.323 e. The quantitative estimate of drug-likeness (QED) is 0.814. The Morgan fingerprint density at radius 1 is 1.59 bits per heavy atom. The molecule has 6 nitrogen and oxygen atoms in total. The van der Waals surface area contributed by atoms with Gasteiger partial charge in [0, 0.05) is 12.4 Å². The lowest BCUT2D eigenvalue weighted by Crippen LogP contribution is -2.39. The van der Waals surface area contributed by atoms with Crippen LogP contribution in [0.15, 0.2) is 23.4 Å². The van der Waals surface area contributed by atoms with Gasteiger partial charge in [0.2, 0.25) is 10.0 Å². The molecule has 0 aliphatic heterocycles. The molecule has 1 rings (SSSR count). The summed E-state index contributed by atoms with van der Waals surface area (Å²) in [5.41, 5.74) is 0. The zero-order valence-corrected chi connectivity index (χ0v) is 10.7. The van der Waals surface area contributed by atoms with Crippen molar-refractivity contribution in [3.05, 3.63) is 23.5 Å². The molecule has 0 radical (unpaired) electrons. The highest BCUT2D eigenvalue weighted by molar-refractivity contribution is 7.89. The molecule has 0 aliphatic carbocycles. The number of nitrogens with one attached hydrogen (secondary N) is 1. The fraction of sp³-hybridized carbons (Fsp3) is 0.333. The van der Waals surface area contributed by atoms with Crippen LogP contribution in [0.5, 0.6) is 0 Å². The largest absolute Gasteiger partial charge is 0.468 e. The van der Waals surface area contributed by atoms with Gasteiger partial charge in [-0.2, -0.15) is 4.72 Å². The number of ether oxygens (including phenoxy) is 1. The third-order valence-corrected chi connectivity index (χ3v) is 3.92. The summed E-state index contributed by atoms with van der Waals surface area (Å²) in [6, 6.07) is 0.347. The van der Waals surface area contributed by atoms with Crippen LogP contribution in [0.3, 0.4) is 0 Å².